The van der Waals surface area contributed by atoms with Crippen LogP contribution < -0.4 is 11.1 Å². The van der Waals surface area contributed by atoms with Gasteiger partial charge < -0.3 is 25.8 Å². The highest BCUT2D eigenvalue weighted by atomic mass is 16.6. The largest absolute Gasteiger partial charge is 0.444 e. The van der Waals surface area contributed by atoms with E-state index in [2.05, 4.69) is 15.3 Å². The Morgan fingerprint density at radius 2 is 2.04 bits per heavy atom. The predicted molar refractivity (Wildman–Crippen MR) is 109 cm³/mol. The van der Waals surface area contributed by atoms with Crippen LogP contribution in [0.3, 0.4) is 0 Å². The van der Waals surface area contributed by atoms with E-state index in [-0.39, 0.29) is 24.2 Å². The topological polar surface area (TPSA) is 114 Å². The molecule has 0 spiro atoms. The molecule has 0 aromatic carbocycles. The third-order valence-electron chi connectivity index (χ3n) is 5.05. The number of carbonyl (C=O) groups is 1. The van der Waals surface area contributed by atoms with E-state index in [4.69, 9.17) is 10.5 Å². The molecule has 1 fully saturated rings. The molecule has 0 bridgehead atoms. The smallest absolute Gasteiger partial charge is 0.410 e. The molecule has 1 aromatic rings. The average Bonchev–Trinajstić information content (AvgIpc) is 2.63. The molecule has 2 heterocycles. The molecule has 0 unspecified atom stereocenters. The summed E-state index contributed by atoms with van der Waals surface area (Å²) in [5.41, 5.74) is 7.33. The molecular weight excluding hydrogens is 358 g/mol. The van der Waals surface area contributed by atoms with E-state index in [1.54, 1.807) is 11.1 Å². The van der Waals surface area contributed by atoms with E-state index in [9.17, 15) is 9.90 Å². The first-order chi connectivity index (χ1) is 13.2. The molecule has 1 aliphatic carbocycles. The summed E-state index contributed by atoms with van der Waals surface area (Å²) in [5, 5.41) is 13.2. The van der Waals surface area contributed by atoms with E-state index in [0.29, 0.717) is 19.5 Å². The molecule has 8 heteroatoms. The number of nitrogens with one attached hydrogen (secondary N) is 1. The standard InChI is InChI=1S/C20H31N5O3/c1-20(2,3)28-19(27)25-10-8-13(9-11-25)16-12-22-18(21)24-17(16)23-14-4-6-15(26)7-5-14/h8,12,14-15,26H,4-7,9-11H2,1-3H3,(H3,21,22,23,24)/t14-,15-. The van der Waals surface area contributed by atoms with Gasteiger partial charge in [-0.05, 0) is 58.4 Å². The Hall–Kier alpha value is -2.35. The van der Waals surface area contributed by atoms with Gasteiger partial charge in [0.05, 0.1) is 6.10 Å². The van der Waals surface area contributed by atoms with Crippen LogP contribution in [0.25, 0.3) is 5.57 Å². The van der Waals surface area contributed by atoms with Gasteiger partial charge in [-0.3, -0.25) is 0 Å². The van der Waals surface area contributed by atoms with Gasteiger partial charge >= 0.3 is 6.09 Å². The first-order valence-electron chi connectivity index (χ1n) is 9.96. The number of nitrogens with zero attached hydrogens (tertiary/aromatic N) is 3. The molecule has 1 aromatic heterocycles. The number of carbonyl (C=O) groups excluding carboxylic acids is 1. The molecule has 154 valence electrons. The molecule has 8 nitrogen and oxygen atoms in total. The van der Waals surface area contributed by atoms with Gasteiger partial charge in [0.2, 0.25) is 5.95 Å². The molecule has 3 rings (SSSR count). The summed E-state index contributed by atoms with van der Waals surface area (Å²) in [5.74, 6) is 0.958. The van der Waals surface area contributed by atoms with Crippen molar-refractivity contribution < 1.29 is 14.6 Å². The van der Waals surface area contributed by atoms with E-state index in [0.717, 1.165) is 42.6 Å². The van der Waals surface area contributed by atoms with Gasteiger partial charge in [-0.2, -0.15) is 4.98 Å². The Morgan fingerprint density at radius 3 is 2.64 bits per heavy atom. The molecule has 4 N–H and O–H groups in total. The monoisotopic (exact) mass is 389 g/mol. The predicted octanol–water partition coefficient (Wildman–Crippen LogP) is 2.80. The lowest BCUT2D eigenvalue weighted by Gasteiger charge is -2.30. The van der Waals surface area contributed by atoms with Crippen LogP contribution >= 0.6 is 0 Å². The lowest BCUT2D eigenvalue weighted by molar-refractivity contribution is 0.0270. The van der Waals surface area contributed by atoms with Crippen molar-refractivity contribution in [2.45, 2.75) is 70.6 Å². The number of nitrogens with two attached hydrogens (primary N) is 1. The number of rotatable bonds is 3. The number of aliphatic hydroxyl groups excluding tert-OH is 1. The SMILES string of the molecule is CC(C)(C)OC(=O)N1CC=C(c2cnc(N)nc2N[C@H]2CC[C@H](O)CC2)CC1. The number of amides is 1. The number of hydrogen-bond donors (Lipinski definition) is 3. The van der Waals surface area contributed by atoms with Crippen LogP contribution in [0.5, 0.6) is 0 Å². The van der Waals surface area contributed by atoms with Crippen LogP contribution in [-0.4, -0.2) is 56.9 Å². The number of nitrogen functional groups attached to an aromatic ring is 1. The fourth-order valence-corrected chi connectivity index (χ4v) is 3.56. The highest BCUT2D eigenvalue weighted by Crippen LogP contribution is 2.30. The van der Waals surface area contributed by atoms with Gasteiger partial charge in [0, 0.05) is 30.9 Å². The van der Waals surface area contributed by atoms with E-state index in [1.165, 1.54) is 0 Å². The quantitative estimate of drug-likeness (QED) is 0.728. The Kier molecular flexibility index (Phi) is 6.07. The Labute approximate surface area is 166 Å². The van der Waals surface area contributed by atoms with E-state index >= 15 is 0 Å². The first-order valence-corrected chi connectivity index (χ1v) is 9.96. The van der Waals surface area contributed by atoms with Crippen molar-refractivity contribution in [2.75, 3.05) is 24.1 Å². The third-order valence-corrected chi connectivity index (χ3v) is 5.05. The van der Waals surface area contributed by atoms with Crippen molar-refractivity contribution in [1.29, 1.82) is 0 Å². The van der Waals surface area contributed by atoms with Gasteiger partial charge in [-0.25, -0.2) is 9.78 Å². The number of hydrogen-bond acceptors (Lipinski definition) is 7. The average molecular weight is 390 g/mol. The fraction of sp³-hybridized carbons (Fsp3) is 0.650. The number of aromatic nitrogens is 2. The maximum Gasteiger partial charge on any atom is 0.410 e. The second-order valence-electron chi connectivity index (χ2n) is 8.55. The summed E-state index contributed by atoms with van der Waals surface area (Å²) in [6.45, 7) is 6.67. The maximum atomic E-state index is 12.3. The normalized spacial score (nSPS) is 23.1. The van der Waals surface area contributed by atoms with Crippen molar-refractivity contribution in [1.82, 2.24) is 14.9 Å². The zero-order valence-electron chi connectivity index (χ0n) is 16.9. The molecular formula is C20H31N5O3. The van der Waals surface area contributed by atoms with Gasteiger partial charge in [-0.1, -0.05) is 6.08 Å². The van der Waals surface area contributed by atoms with E-state index < -0.39 is 5.60 Å². The zero-order chi connectivity index (χ0) is 20.3. The lowest BCUT2D eigenvalue weighted by Crippen LogP contribution is -2.39. The third kappa shape index (κ3) is 5.34. The Morgan fingerprint density at radius 1 is 1.32 bits per heavy atom. The fourth-order valence-electron chi connectivity index (χ4n) is 3.56. The van der Waals surface area contributed by atoms with Crippen LogP contribution in [0.15, 0.2) is 12.3 Å². The van der Waals surface area contributed by atoms with Gasteiger partial charge in [0.1, 0.15) is 11.4 Å². The Bertz CT molecular complexity index is 736. The van der Waals surface area contributed by atoms with Crippen LogP contribution in [0.4, 0.5) is 16.6 Å². The van der Waals surface area contributed by atoms with Crippen LogP contribution in [0.2, 0.25) is 0 Å². The molecule has 0 saturated heterocycles. The molecule has 28 heavy (non-hydrogen) atoms. The minimum atomic E-state index is -0.503. The molecule has 1 saturated carbocycles. The number of aliphatic hydroxyl groups is 1. The van der Waals surface area contributed by atoms with Gasteiger partial charge in [0.25, 0.3) is 0 Å². The number of anilines is 2. The van der Waals surface area contributed by atoms with Crippen molar-refractivity contribution in [2.24, 2.45) is 0 Å². The first kappa shape index (κ1) is 20.4. The second kappa shape index (κ2) is 8.34. The molecule has 0 radical (unpaired) electrons. The summed E-state index contributed by atoms with van der Waals surface area (Å²) >= 11 is 0. The minimum Gasteiger partial charge on any atom is -0.444 e. The van der Waals surface area contributed by atoms with Crippen molar-refractivity contribution in [3.63, 3.8) is 0 Å². The Balaban J connectivity index is 1.71. The highest BCUT2D eigenvalue weighted by molar-refractivity contribution is 5.77. The second-order valence-corrected chi connectivity index (χ2v) is 8.55. The van der Waals surface area contributed by atoms with Crippen LogP contribution in [-0.2, 0) is 4.74 Å². The molecule has 2 aliphatic rings. The summed E-state index contributed by atoms with van der Waals surface area (Å²) in [6, 6.07) is 0.263. The van der Waals surface area contributed by atoms with E-state index in [1.807, 2.05) is 26.8 Å². The van der Waals surface area contributed by atoms with Gasteiger partial charge in [-0.15, -0.1) is 0 Å². The van der Waals surface area contributed by atoms with Crippen LogP contribution in [0, 0.1) is 0 Å². The molecule has 1 amide bonds. The zero-order valence-corrected chi connectivity index (χ0v) is 16.9. The molecule has 1 aliphatic heterocycles. The molecule has 0 atom stereocenters. The highest BCUT2D eigenvalue weighted by Gasteiger charge is 2.26. The summed E-state index contributed by atoms with van der Waals surface area (Å²) in [4.78, 5) is 22.5. The maximum absolute atomic E-state index is 12.3. The van der Waals surface area contributed by atoms with Gasteiger partial charge in [0.15, 0.2) is 0 Å². The van der Waals surface area contributed by atoms with Crippen molar-refractivity contribution in [3.05, 3.63) is 17.8 Å². The van der Waals surface area contributed by atoms with Crippen LogP contribution in [0.1, 0.15) is 58.4 Å². The summed E-state index contributed by atoms with van der Waals surface area (Å²) in [6.07, 6.45) is 7.36. The number of ether oxygens (including phenoxy) is 1. The summed E-state index contributed by atoms with van der Waals surface area (Å²) < 4.78 is 5.45. The minimum absolute atomic E-state index is 0.201. The lowest BCUT2D eigenvalue weighted by atomic mass is 9.92. The van der Waals surface area contributed by atoms with Crippen molar-refractivity contribution in [3.8, 4) is 0 Å². The summed E-state index contributed by atoms with van der Waals surface area (Å²) in [7, 11) is 0. The van der Waals surface area contributed by atoms with Crippen molar-refractivity contribution >= 4 is 23.4 Å².